The summed E-state index contributed by atoms with van der Waals surface area (Å²) in [4.78, 5) is 16.3. The molecule has 0 aliphatic rings. The van der Waals surface area contributed by atoms with Crippen LogP contribution in [0.4, 0.5) is 0 Å². The second kappa shape index (κ2) is 8.96. The van der Waals surface area contributed by atoms with Gasteiger partial charge in [-0.05, 0) is 30.9 Å². The molecule has 1 heterocycles. The highest BCUT2D eigenvalue weighted by Crippen LogP contribution is 2.12. The van der Waals surface area contributed by atoms with E-state index >= 15 is 0 Å². The van der Waals surface area contributed by atoms with Gasteiger partial charge in [0, 0.05) is 17.8 Å². The molecule has 0 saturated carbocycles. The van der Waals surface area contributed by atoms with E-state index in [4.69, 9.17) is 11.6 Å². The summed E-state index contributed by atoms with van der Waals surface area (Å²) in [5, 5.41) is 3.33. The zero-order valence-corrected chi connectivity index (χ0v) is 13.5. The number of amides is 1. The highest BCUT2D eigenvalue weighted by Gasteiger charge is 2.08. The number of carbonyl (C=O) groups is 1. The number of aryl methyl sites for hydroxylation is 1. The van der Waals surface area contributed by atoms with Crippen molar-refractivity contribution in [1.29, 1.82) is 0 Å². The number of halogens is 1. The molecule has 0 bridgehead atoms. The summed E-state index contributed by atoms with van der Waals surface area (Å²) in [6.07, 6.45) is 5.21. The van der Waals surface area contributed by atoms with Gasteiger partial charge in [-0.25, -0.2) is 4.98 Å². The predicted octanol–water partition coefficient (Wildman–Crippen LogP) is 4.24. The summed E-state index contributed by atoms with van der Waals surface area (Å²) in [5.41, 5.74) is 1.49. The van der Waals surface area contributed by atoms with Gasteiger partial charge in [-0.3, -0.25) is 4.79 Å². The Hall–Kier alpha value is -1.09. The van der Waals surface area contributed by atoms with Crippen LogP contribution in [-0.4, -0.2) is 17.4 Å². The minimum absolute atomic E-state index is 0.0591. The molecular weight excluding hydrogens is 272 g/mol. The van der Waals surface area contributed by atoms with Crippen molar-refractivity contribution in [2.75, 3.05) is 6.54 Å². The molecule has 0 atom stereocenters. The van der Waals surface area contributed by atoms with Crippen LogP contribution in [-0.2, 0) is 6.42 Å². The van der Waals surface area contributed by atoms with Crippen LogP contribution in [0.1, 0.15) is 62.5 Å². The first-order valence-electron chi connectivity index (χ1n) is 7.47. The second-order valence-corrected chi connectivity index (χ2v) is 5.95. The molecule has 0 saturated heterocycles. The summed E-state index contributed by atoms with van der Waals surface area (Å²) in [7, 11) is 0. The van der Waals surface area contributed by atoms with Gasteiger partial charge in [-0.2, -0.15) is 0 Å². The maximum absolute atomic E-state index is 12.1. The van der Waals surface area contributed by atoms with E-state index < -0.39 is 0 Å². The van der Waals surface area contributed by atoms with Gasteiger partial charge in [0.05, 0.1) is 0 Å². The Morgan fingerprint density at radius 2 is 2.10 bits per heavy atom. The number of aromatic nitrogens is 1. The Bertz CT molecular complexity index is 432. The lowest BCUT2D eigenvalue weighted by Gasteiger charge is -2.08. The van der Waals surface area contributed by atoms with Crippen LogP contribution < -0.4 is 5.32 Å². The molecule has 1 aromatic heterocycles. The Morgan fingerprint density at radius 1 is 1.35 bits per heavy atom. The van der Waals surface area contributed by atoms with Gasteiger partial charge in [-0.15, -0.1) is 0 Å². The van der Waals surface area contributed by atoms with E-state index in [-0.39, 0.29) is 5.91 Å². The van der Waals surface area contributed by atoms with Crippen molar-refractivity contribution in [3.05, 3.63) is 28.5 Å². The van der Waals surface area contributed by atoms with Crippen LogP contribution in [0.3, 0.4) is 0 Å². The van der Waals surface area contributed by atoms with E-state index in [9.17, 15) is 4.79 Å². The lowest BCUT2D eigenvalue weighted by molar-refractivity contribution is 0.0952. The standard InChI is InChI=1S/C16H25ClN2O/c1-4-7-14-10-13(11-15(17)19-14)16(20)18-9-6-5-8-12(2)3/h10-12H,4-9H2,1-3H3,(H,18,20). The molecule has 1 aromatic rings. The molecule has 0 unspecified atom stereocenters. The molecule has 1 N–H and O–H groups in total. The number of rotatable bonds is 8. The molecule has 0 radical (unpaired) electrons. The normalized spacial score (nSPS) is 10.8. The van der Waals surface area contributed by atoms with Crippen LogP contribution in [0.25, 0.3) is 0 Å². The fourth-order valence-electron chi connectivity index (χ4n) is 2.05. The first-order chi connectivity index (χ1) is 9.52. The van der Waals surface area contributed by atoms with Gasteiger partial charge < -0.3 is 5.32 Å². The van der Waals surface area contributed by atoms with Gasteiger partial charge in [0.25, 0.3) is 5.91 Å². The third-order valence-corrected chi connectivity index (χ3v) is 3.30. The number of nitrogens with zero attached hydrogens (tertiary/aromatic N) is 1. The number of unbranched alkanes of at least 4 members (excludes halogenated alkanes) is 1. The summed E-state index contributed by atoms with van der Waals surface area (Å²) >= 11 is 5.96. The molecular formula is C16H25ClN2O. The quantitative estimate of drug-likeness (QED) is 0.576. The third-order valence-electron chi connectivity index (χ3n) is 3.11. The van der Waals surface area contributed by atoms with Gasteiger partial charge in [-0.1, -0.05) is 51.6 Å². The zero-order chi connectivity index (χ0) is 15.0. The Balaban J connectivity index is 2.46. The Kier molecular flexibility index (Phi) is 7.60. The maximum Gasteiger partial charge on any atom is 0.251 e. The minimum atomic E-state index is -0.0591. The highest BCUT2D eigenvalue weighted by atomic mass is 35.5. The van der Waals surface area contributed by atoms with Crippen molar-refractivity contribution in [2.45, 2.75) is 52.9 Å². The number of carbonyl (C=O) groups excluding carboxylic acids is 1. The average Bonchev–Trinajstić information content (AvgIpc) is 2.37. The van der Waals surface area contributed by atoms with E-state index in [1.165, 1.54) is 6.42 Å². The van der Waals surface area contributed by atoms with E-state index in [1.54, 1.807) is 6.07 Å². The topological polar surface area (TPSA) is 42.0 Å². The molecule has 1 rings (SSSR count). The van der Waals surface area contributed by atoms with Crippen molar-refractivity contribution in [3.63, 3.8) is 0 Å². The van der Waals surface area contributed by atoms with Gasteiger partial charge in [0.15, 0.2) is 0 Å². The molecule has 0 spiro atoms. The molecule has 0 aromatic carbocycles. The summed E-state index contributed by atoms with van der Waals surface area (Å²) in [6.45, 7) is 7.23. The SMILES string of the molecule is CCCc1cc(C(=O)NCCCCC(C)C)cc(Cl)n1. The molecule has 1 amide bonds. The average molecular weight is 297 g/mol. The molecule has 4 heteroatoms. The van der Waals surface area contributed by atoms with Gasteiger partial charge in [0.2, 0.25) is 0 Å². The van der Waals surface area contributed by atoms with Crippen molar-refractivity contribution >= 4 is 17.5 Å². The first kappa shape index (κ1) is 17.0. The third kappa shape index (κ3) is 6.38. The van der Waals surface area contributed by atoms with Gasteiger partial charge >= 0.3 is 0 Å². The van der Waals surface area contributed by atoms with Crippen LogP contribution in [0, 0.1) is 5.92 Å². The highest BCUT2D eigenvalue weighted by molar-refractivity contribution is 6.29. The fraction of sp³-hybridized carbons (Fsp3) is 0.625. The van der Waals surface area contributed by atoms with Crippen LogP contribution in [0.15, 0.2) is 12.1 Å². The van der Waals surface area contributed by atoms with Crippen LogP contribution in [0.2, 0.25) is 5.15 Å². The van der Waals surface area contributed by atoms with E-state index in [0.29, 0.717) is 17.3 Å². The minimum Gasteiger partial charge on any atom is -0.352 e. The first-order valence-corrected chi connectivity index (χ1v) is 7.85. The predicted molar refractivity (Wildman–Crippen MR) is 84.3 cm³/mol. The zero-order valence-electron chi connectivity index (χ0n) is 12.7. The molecule has 3 nitrogen and oxygen atoms in total. The number of hydrogen-bond donors (Lipinski definition) is 1. The molecule has 0 fully saturated rings. The van der Waals surface area contributed by atoms with Crippen molar-refractivity contribution in [2.24, 2.45) is 5.92 Å². The van der Waals surface area contributed by atoms with E-state index in [1.807, 2.05) is 6.07 Å². The second-order valence-electron chi connectivity index (χ2n) is 5.57. The summed E-state index contributed by atoms with van der Waals surface area (Å²) in [5.74, 6) is 0.664. The van der Waals surface area contributed by atoms with Crippen molar-refractivity contribution in [3.8, 4) is 0 Å². The maximum atomic E-state index is 12.1. The number of pyridine rings is 1. The van der Waals surface area contributed by atoms with Crippen LogP contribution >= 0.6 is 11.6 Å². The monoisotopic (exact) mass is 296 g/mol. The lowest BCUT2D eigenvalue weighted by Crippen LogP contribution is -2.24. The smallest absolute Gasteiger partial charge is 0.251 e. The fourth-order valence-corrected chi connectivity index (χ4v) is 2.27. The van der Waals surface area contributed by atoms with Crippen molar-refractivity contribution in [1.82, 2.24) is 10.3 Å². The van der Waals surface area contributed by atoms with Crippen LogP contribution in [0.5, 0.6) is 0 Å². The summed E-state index contributed by atoms with van der Waals surface area (Å²) < 4.78 is 0. The summed E-state index contributed by atoms with van der Waals surface area (Å²) in [6, 6.07) is 3.46. The van der Waals surface area contributed by atoms with Crippen molar-refractivity contribution < 1.29 is 4.79 Å². The molecule has 0 aliphatic heterocycles. The molecule has 0 aliphatic carbocycles. The van der Waals surface area contributed by atoms with Gasteiger partial charge in [0.1, 0.15) is 5.15 Å². The van der Waals surface area contributed by atoms with E-state index in [2.05, 4.69) is 31.1 Å². The number of nitrogens with one attached hydrogen (secondary N) is 1. The Labute approximate surface area is 127 Å². The Morgan fingerprint density at radius 3 is 2.75 bits per heavy atom. The number of hydrogen-bond acceptors (Lipinski definition) is 2. The largest absolute Gasteiger partial charge is 0.352 e. The van der Waals surface area contributed by atoms with E-state index in [0.717, 1.165) is 37.3 Å². The lowest BCUT2D eigenvalue weighted by atomic mass is 10.1. The molecule has 112 valence electrons. The molecule has 20 heavy (non-hydrogen) atoms.